The molecule has 0 amide bonds. The summed E-state index contributed by atoms with van der Waals surface area (Å²) in [4.78, 5) is 0. The Bertz CT molecular complexity index is 1940. The van der Waals surface area contributed by atoms with Crippen LogP contribution in [-0.4, -0.2) is 0 Å². The van der Waals surface area contributed by atoms with Crippen LogP contribution in [0.3, 0.4) is 0 Å². The molecule has 3 N–H and O–H groups in total. The zero-order valence-electron chi connectivity index (χ0n) is 27.1. The summed E-state index contributed by atoms with van der Waals surface area (Å²) in [6.07, 6.45) is 17.5. The van der Waals surface area contributed by atoms with Crippen LogP contribution < -0.4 is 11.1 Å². The Morgan fingerprint density at radius 3 is 2.19 bits per heavy atom. The molecule has 0 aromatic heterocycles. The van der Waals surface area contributed by atoms with E-state index in [0.717, 1.165) is 34.6 Å². The van der Waals surface area contributed by atoms with Gasteiger partial charge in [-0.1, -0.05) is 147 Å². The van der Waals surface area contributed by atoms with E-state index in [9.17, 15) is 0 Å². The van der Waals surface area contributed by atoms with Crippen molar-refractivity contribution in [1.29, 1.82) is 0 Å². The van der Waals surface area contributed by atoms with Crippen LogP contribution >= 0.6 is 0 Å². The molecule has 0 aliphatic rings. The Kier molecular flexibility index (Phi) is 11.4. The second kappa shape index (κ2) is 16.5. The fourth-order valence-electron chi connectivity index (χ4n) is 5.33. The number of nitrogens with one attached hydrogen (secondary N) is 1. The minimum absolute atomic E-state index is 0.705. The molecular weight excluding hydrogens is 569 g/mol. The molecule has 2 nitrogen and oxygen atoms in total. The van der Waals surface area contributed by atoms with Crippen LogP contribution in [0, 0.1) is 6.92 Å². The smallest absolute Gasteiger partial charge is 0.0466 e. The number of anilines is 2. The second-order valence-corrected chi connectivity index (χ2v) is 11.5. The highest BCUT2D eigenvalue weighted by atomic mass is 14.9. The van der Waals surface area contributed by atoms with Crippen LogP contribution in [0.2, 0.25) is 0 Å². The molecule has 5 aromatic rings. The Balaban J connectivity index is 1.37. The maximum absolute atomic E-state index is 6.10. The fourth-order valence-corrected chi connectivity index (χ4v) is 5.33. The van der Waals surface area contributed by atoms with Crippen molar-refractivity contribution in [3.63, 3.8) is 0 Å². The molecule has 5 aromatic carbocycles. The molecule has 0 spiro atoms. The van der Waals surface area contributed by atoms with Crippen LogP contribution in [0.25, 0.3) is 33.9 Å². The van der Waals surface area contributed by atoms with Crippen LogP contribution in [0.5, 0.6) is 0 Å². The molecule has 0 aliphatic heterocycles. The third kappa shape index (κ3) is 9.32. The van der Waals surface area contributed by atoms with Crippen LogP contribution in [0.1, 0.15) is 28.7 Å². The van der Waals surface area contributed by atoms with E-state index in [1.165, 1.54) is 38.9 Å². The molecule has 0 radical (unpaired) electrons. The van der Waals surface area contributed by atoms with Gasteiger partial charge in [0.1, 0.15) is 0 Å². The molecule has 0 fully saturated rings. The first-order chi connectivity index (χ1) is 23.0. The van der Waals surface area contributed by atoms with Gasteiger partial charge in [-0.15, -0.1) is 0 Å². The predicted octanol–water partition coefficient (Wildman–Crippen LogP) is 11.9. The number of allylic oxidation sites excluding steroid dienone is 8. The number of hydrogen-bond acceptors (Lipinski definition) is 2. The summed E-state index contributed by atoms with van der Waals surface area (Å²) >= 11 is 0. The van der Waals surface area contributed by atoms with Gasteiger partial charge in [0.05, 0.1) is 0 Å². The van der Waals surface area contributed by atoms with E-state index in [1.54, 1.807) is 6.08 Å². The van der Waals surface area contributed by atoms with Crippen molar-refractivity contribution in [1.82, 2.24) is 0 Å². The maximum Gasteiger partial charge on any atom is 0.0466 e. The molecule has 47 heavy (non-hydrogen) atoms. The quantitative estimate of drug-likeness (QED) is 0.130. The fraction of sp³-hybridized carbons (Fsp3) is 0.0667. The van der Waals surface area contributed by atoms with Gasteiger partial charge < -0.3 is 11.1 Å². The van der Waals surface area contributed by atoms with Gasteiger partial charge in [-0.05, 0) is 94.3 Å². The third-order valence-corrected chi connectivity index (χ3v) is 7.95. The van der Waals surface area contributed by atoms with Crippen molar-refractivity contribution in [2.45, 2.75) is 19.8 Å². The highest BCUT2D eigenvalue weighted by molar-refractivity contribution is 5.86. The van der Waals surface area contributed by atoms with E-state index < -0.39 is 0 Å². The second-order valence-electron chi connectivity index (χ2n) is 11.5. The van der Waals surface area contributed by atoms with Crippen molar-refractivity contribution >= 4 is 23.0 Å². The minimum atomic E-state index is 0.705. The maximum atomic E-state index is 6.10. The minimum Gasteiger partial charge on any atom is -0.402 e. The van der Waals surface area contributed by atoms with Gasteiger partial charge in [-0.25, -0.2) is 0 Å². The molecule has 5 rings (SSSR count). The number of rotatable bonds is 13. The molecule has 2 heteroatoms. The van der Waals surface area contributed by atoms with Gasteiger partial charge in [0.25, 0.3) is 0 Å². The van der Waals surface area contributed by atoms with Gasteiger partial charge in [0.2, 0.25) is 0 Å². The Morgan fingerprint density at radius 1 is 0.723 bits per heavy atom. The molecule has 0 saturated heterocycles. The van der Waals surface area contributed by atoms with Crippen molar-refractivity contribution in [3.8, 4) is 22.3 Å². The average Bonchev–Trinajstić information content (AvgIpc) is 3.11. The molecule has 0 atom stereocenters. The summed E-state index contributed by atoms with van der Waals surface area (Å²) in [6, 6.07) is 42.7. The molecular formula is C45H42N2. The zero-order chi connectivity index (χ0) is 32.8. The summed E-state index contributed by atoms with van der Waals surface area (Å²) in [5.74, 6) is 0. The standard InChI is InChI=1S/C45H42N2/c1-4-5-8-21-42(46)22-14-13-16-36-27-30-44(45(31-36)47-43-23-11-7-12-24-43)35(3)26-28-38-32-41(29-25-34(38)2)40-20-15-19-39(33-40)37-17-9-6-10-18-37/h4-15,17-20,22-33,47H,1,3,16,21,46H2,2H3/b8-5-,14-13-,28-26-,42-22-. The average molecular weight is 611 g/mol. The SMILES string of the molecule is C=C/C=C\C/C(N)=C/C=C\Cc1ccc(C(=C)/C=C\c2cc(-c3cccc(-c4ccccc4)c3)ccc2C)c(Nc2ccccc2)c1. The van der Waals surface area contributed by atoms with E-state index >= 15 is 0 Å². The summed E-state index contributed by atoms with van der Waals surface area (Å²) in [5.41, 5.74) is 19.3. The zero-order valence-corrected chi connectivity index (χ0v) is 27.1. The van der Waals surface area contributed by atoms with Gasteiger partial charge in [-0.3, -0.25) is 0 Å². The first kappa shape index (κ1) is 32.5. The van der Waals surface area contributed by atoms with E-state index in [0.29, 0.717) is 6.42 Å². The molecule has 0 heterocycles. The highest BCUT2D eigenvalue weighted by Gasteiger charge is 2.08. The van der Waals surface area contributed by atoms with E-state index in [1.807, 2.05) is 42.5 Å². The lowest BCUT2D eigenvalue weighted by Crippen LogP contribution is -1.97. The number of benzene rings is 5. The van der Waals surface area contributed by atoms with Gasteiger partial charge >= 0.3 is 0 Å². The lowest BCUT2D eigenvalue weighted by Gasteiger charge is -2.14. The lowest BCUT2D eigenvalue weighted by molar-refractivity contribution is 1.16. The van der Waals surface area contributed by atoms with Crippen LogP contribution in [0.4, 0.5) is 11.4 Å². The monoisotopic (exact) mass is 610 g/mol. The van der Waals surface area contributed by atoms with Crippen molar-refractivity contribution in [3.05, 3.63) is 205 Å². The van der Waals surface area contributed by atoms with E-state index in [4.69, 9.17) is 5.73 Å². The van der Waals surface area contributed by atoms with Crippen molar-refractivity contribution < 1.29 is 0 Å². The predicted molar refractivity (Wildman–Crippen MR) is 205 cm³/mol. The number of nitrogens with two attached hydrogens (primary N) is 1. The first-order valence-corrected chi connectivity index (χ1v) is 16.0. The van der Waals surface area contributed by atoms with Crippen LogP contribution in [0.15, 0.2) is 183 Å². The first-order valence-electron chi connectivity index (χ1n) is 16.0. The highest BCUT2D eigenvalue weighted by Crippen LogP contribution is 2.31. The summed E-state index contributed by atoms with van der Waals surface area (Å²) in [5, 5.41) is 3.62. The van der Waals surface area contributed by atoms with Crippen molar-refractivity contribution in [2.75, 3.05) is 5.32 Å². The molecule has 232 valence electrons. The van der Waals surface area contributed by atoms with Crippen LogP contribution in [-0.2, 0) is 6.42 Å². The Morgan fingerprint density at radius 2 is 1.43 bits per heavy atom. The van der Waals surface area contributed by atoms with E-state index in [-0.39, 0.29) is 0 Å². The molecule has 0 aliphatic carbocycles. The van der Waals surface area contributed by atoms with E-state index in [2.05, 4.69) is 147 Å². The number of hydrogen-bond donors (Lipinski definition) is 2. The summed E-state index contributed by atoms with van der Waals surface area (Å²) in [7, 11) is 0. The van der Waals surface area contributed by atoms with Gasteiger partial charge in [0, 0.05) is 29.1 Å². The molecule has 0 bridgehead atoms. The Labute approximate surface area is 280 Å². The number of para-hydroxylation sites is 1. The van der Waals surface area contributed by atoms with Gasteiger partial charge in [-0.2, -0.15) is 0 Å². The largest absolute Gasteiger partial charge is 0.402 e. The third-order valence-electron chi connectivity index (χ3n) is 7.95. The van der Waals surface area contributed by atoms with Gasteiger partial charge in [0.15, 0.2) is 0 Å². The molecule has 0 saturated carbocycles. The topological polar surface area (TPSA) is 38.0 Å². The lowest BCUT2D eigenvalue weighted by atomic mass is 9.95. The summed E-state index contributed by atoms with van der Waals surface area (Å²) in [6.45, 7) is 10.3. The molecule has 0 unspecified atom stereocenters. The normalized spacial score (nSPS) is 11.8. The van der Waals surface area contributed by atoms with Crippen molar-refractivity contribution in [2.24, 2.45) is 5.73 Å². The number of aryl methyl sites for hydroxylation is 1. The summed E-state index contributed by atoms with van der Waals surface area (Å²) < 4.78 is 0. The Hall–Kier alpha value is -5.86.